The Balaban J connectivity index is 1.10. The fourth-order valence-corrected chi connectivity index (χ4v) is 6.61. The van der Waals surface area contributed by atoms with Crippen LogP contribution in [0.3, 0.4) is 0 Å². The summed E-state index contributed by atoms with van der Waals surface area (Å²) in [4.78, 5) is 17.8. The Kier molecular flexibility index (Phi) is 4.60. The smallest absolute Gasteiger partial charge is 0.261 e. The number of thiazole rings is 1. The monoisotopic (exact) mass is 486 g/mol. The lowest BCUT2D eigenvalue weighted by atomic mass is 9.38. The van der Waals surface area contributed by atoms with E-state index >= 15 is 0 Å². The number of aromatic nitrogens is 1. The van der Waals surface area contributed by atoms with Crippen LogP contribution in [0.4, 0.5) is 0 Å². The summed E-state index contributed by atoms with van der Waals surface area (Å²) in [5, 5.41) is 18.0. The van der Waals surface area contributed by atoms with Crippen LogP contribution in [-0.4, -0.2) is 27.6 Å². The number of benzene rings is 2. The molecule has 0 unspecified atom stereocenters. The highest BCUT2D eigenvalue weighted by atomic mass is 35.5. The van der Waals surface area contributed by atoms with Crippen molar-refractivity contribution in [1.82, 2.24) is 10.3 Å². The van der Waals surface area contributed by atoms with Crippen LogP contribution >= 0.6 is 34.5 Å². The van der Waals surface area contributed by atoms with Crippen LogP contribution in [0.1, 0.15) is 43.0 Å². The summed E-state index contributed by atoms with van der Waals surface area (Å²) < 4.78 is 5.87. The zero-order valence-electron chi connectivity index (χ0n) is 17.0. The highest BCUT2D eigenvalue weighted by molar-refractivity contribution is 7.13. The van der Waals surface area contributed by atoms with Crippen LogP contribution in [0, 0.1) is 0 Å². The van der Waals surface area contributed by atoms with Gasteiger partial charge in [0, 0.05) is 43.9 Å². The van der Waals surface area contributed by atoms with Gasteiger partial charge in [-0.15, -0.1) is 11.3 Å². The zero-order valence-corrected chi connectivity index (χ0v) is 19.3. The molecule has 3 fully saturated rings. The highest BCUT2D eigenvalue weighted by Gasteiger charge is 2.70. The first kappa shape index (κ1) is 20.5. The van der Waals surface area contributed by atoms with Crippen molar-refractivity contribution in [2.45, 2.75) is 48.8 Å². The molecule has 0 radical (unpaired) electrons. The topological polar surface area (TPSA) is 71.5 Å². The van der Waals surface area contributed by atoms with Crippen molar-refractivity contribution in [3.05, 3.63) is 69.1 Å². The molecule has 164 valence electrons. The number of halogens is 2. The first-order chi connectivity index (χ1) is 15.3. The lowest BCUT2D eigenvalue weighted by Crippen LogP contribution is -2.77. The van der Waals surface area contributed by atoms with Crippen LogP contribution in [-0.2, 0) is 10.2 Å². The number of aliphatic hydroxyl groups is 1. The number of ether oxygens (including phenoxy) is 1. The lowest BCUT2D eigenvalue weighted by Gasteiger charge is -2.70. The molecule has 2 atom stereocenters. The molecule has 2 heterocycles. The Morgan fingerprint density at radius 3 is 2.59 bits per heavy atom. The highest BCUT2D eigenvalue weighted by Crippen LogP contribution is 2.67. The van der Waals surface area contributed by atoms with Crippen LogP contribution in [0.5, 0.6) is 5.75 Å². The van der Waals surface area contributed by atoms with Gasteiger partial charge in [0.2, 0.25) is 0 Å². The Bertz CT molecular complexity index is 1210. The zero-order chi connectivity index (χ0) is 22.1. The Morgan fingerprint density at radius 2 is 1.84 bits per heavy atom. The molecule has 1 aromatic heterocycles. The molecule has 0 saturated heterocycles. The van der Waals surface area contributed by atoms with Gasteiger partial charge < -0.3 is 15.2 Å². The standard InChI is InChI=1S/C24H20Cl2N2O3S/c25-14-3-1-13(2-4-14)22-27-20(9-32-22)23-10-24(11-23,12-23)28-21(30)19-8-17(29)16-7-15(26)5-6-18(16)31-19/h1-7,9,17,19,29H,8,10-12H2,(H,28,30)/t17-,19-,23?,24?/m1/s1. The summed E-state index contributed by atoms with van der Waals surface area (Å²) in [5.41, 5.74) is 2.68. The van der Waals surface area contributed by atoms with Crippen molar-refractivity contribution >= 4 is 40.4 Å². The molecular formula is C24H20Cl2N2O3S. The third-order valence-electron chi connectivity index (χ3n) is 6.89. The lowest BCUT2D eigenvalue weighted by molar-refractivity contribution is -0.147. The molecule has 7 rings (SSSR count). The second kappa shape index (κ2) is 7.19. The number of carbonyl (C=O) groups excluding carboxylic acids is 1. The van der Waals surface area contributed by atoms with Gasteiger partial charge >= 0.3 is 0 Å². The maximum Gasteiger partial charge on any atom is 0.261 e. The Morgan fingerprint density at radius 1 is 1.12 bits per heavy atom. The second-order valence-corrected chi connectivity index (χ2v) is 10.9. The van der Waals surface area contributed by atoms with E-state index in [0.29, 0.717) is 21.4 Å². The molecule has 3 saturated carbocycles. The third-order valence-corrected chi connectivity index (χ3v) is 8.27. The average molecular weight is 487 g/mol. The molecule has 1 aliphatic heterocycles. The van der Waals surface area contributed by atoms with Crippen molar-refractivity contribution in [2.24, 2.45) is 0 Å². The van der Waals surface area contributed by atoms with E-state index in [-0.39, 0.29) is 23.3 Å². The van der Waals surface area contributed by atoms with E-state index in [1.54, 1.807) is 29.5 Å². The maximum atomic E-state index is 12.9. The summed E-state index contributed by atoms with van der Waals surface area (Å²) in [6.07, 6.45) is 1.40. The number of rotatable bonds is 4. The summed E-state index contributed by atoms with van der Waals surface area (Å²) in [7, 11) is 0. The Labute approximate surface area is 199 Å². The number of carbonyl (C=O) groups is 1. The summed E-state index contributed by atoms with van der Waals surface area (Å²) >= 11 is 13.6. The van der Waals surface area contributed by atoms with Crippen LogP contribution < -0.4 is 10.1 Å². The summed E-state index contributed by atoms with van der Waals surface area (Å²) in [5.74, 6) is 0.345. The van der Waals surface area contributed by atoms with E-state index in [1.807, 2.05) is 24.3 Å². The molecule has 8 heteroatoms. The fraction of sp³-hybridized carbons (Fsp3) is 0.333. The molecule has 0 spiro atoms. The first-order valence-electron chi connectivity index (χ1n) is 10.5. The fourth-order valence-electron chi connectivity index (χ4n) is 5.36. The Hall–Kier alpha value is -2.12. The number of hydrogen-bond acceptors (Lipinski definition) is 5. The quantitative estimate of drug-likeness (QED) is 0.525. The minimum atomic E-state index is -0.770. The van der Waals surface area contributed by atoms with Gasteiger partial charge in [0.25, 0.3) is 5.91 Å². The van der Waals surface area contributed by atoms with Crippen molar-refractivity contribution in [3.63, 3.8) is 0 Å². The van der Waals surface area contributed by atoms with Gasteiger partial charge in [-0.2, -0.15) is 0 Å². The largest absolute Gasteiger partial charge is 0.480 e. The number of nitrogens with one attached hydrogen (secondary N) is 1. The first-order valence-corrected chi connectivity index (χ1v) is 12.2. The number of fused-ring (bicyclic) bond motifs is 1. The normalized spacial score (nSPS) is 29.8. The second-order valence-electron chi connectivity index (χ2n) is 9.17. The molecule has 1 amide bonds. The van der Waals surface area contributed by atoms with Gasteiger partial charge in [-0.25, -0.2) is 4.98 Å². The van der Waals surface area contributed by atoms with Gasteiger partial charge in [0.1, 0.15) is 10.8 Å². The van der Waals surface area contributed by atoms with Crippen LogP contribution in [0.2, 0.25) is 10.0 Å². The number of amides is 1. The molecule has 5 nitrogen and oxygen atoms in total. The number of aliphatic hydroxyl groups excluding tert-OH is 1. The predicted octanol–water partition coefficient (Wildman–Crippen LogP) is 5.29. The van der Waals surface area contributed by atoms with Crippen LogP contribution in [0.25, 0.3) is 10.6 Å². The number of nitrogens with zero attached hydrogens (tertiary/aromatic N) is 1. The van der Waals surface area contributed by atoms with Crippen LogP contribution in [0.15, 0.2) is 47.8 Å². The van der Waals surface area contributed by atoms with E-state index in [1.165, 1.54) is 0 Å². The van der Waals surface area contributed by atoms with Crippen molar-refractivity contribution in [3.8, 4) is 16.3 Å². The summed E-state index contributed by atoms with van der Waals surface area (Å²) in [6, 6.07) is 12.8. The van der Waals surface area contributed by atoms with Gasteiger partial charge in [-0.05, 0) is 49.6 Å². The molecule has 32 heavy (non-hydrogen) atoms. The van der Waals surface area contributed by atoms with Crippen molar-refractivity contribution in [1.29, 1.82) is 0 Å². The van der Waals surface area contributed by atoms with E-state index in [2.05, 4.69) is 10.7 Å². The van der Waals surface area contributed by atoms with Gasteiger partial charge in [-0.1, -0.05) is 35.3 Å². The molecule has 3 aromatic rings. The van der Waals surface area contributed by atoms with Crippen molar-refractivity contribution in [2.75, 3.05) is 0 Å². The molecule has 2 N–H and O–H groups in total. The maximum absolute atomic E-state index is 12.9. The molecule has 2 aromatic carbocycles. The average Bonchev–Trinajstić information content (AvgIpc) is 3.20. The minimum Gasteiger partial charge on any atom is -0.480 e. The molecule has 3 aliphatic carbocycles. The summed E-state index contributed by atoms with van der Waals surface area (Å²) in [6.45, 7) is 0. The van der Waals surface area contributed by atoms with Gasteiger partial charge in [-0.3, -0.25) is 4.79 Å². The van der Waals surface area contributed by atoms with Gasteiger partial charge in [0.05, 0.1) is 11.8 Å². The minimum absolute atomic E-state index is 0.0603. The molecule has 4 aliphatic rings. The third kappa shape index (κ3) is 3.24. The molecular weight excluding hydrogens is 467 g/mol. The molecule has 2 bridgehead atoms. The van der Waals surface area contributed by atoms with Crippen molar-refractivity contribution < 1.29 is 14.6 Å². The van der Waals surface area contributed by atoms with E-state index in [9.17, 15) is 9.90 Å². The number of hydrogen-bond donors (Lipinski definition) is 2. The van der Waals surface area contributed by atoms with E-state index < -0.39 is 12.2 Å². The van der Waals surface area contributed by atoms with E-state index in [0.717, 1.165) is 35.5 Å². The SMILES string of the molecule is O=C(NC12CC(c3csc(-c4ccc(Cl)cc4)n3)(C1)C2)[C@H]1C[C@@H](O)c2cc(Cl)ccc2O1. The predicted molar refractivity (Wildman–Crippen MR) is 124 cm³/mol. The van der Waals surface area contributed by atoms with E-state index in [4.69, 9.17) is 32.9 Å². The van der Waals surface area contributed by atoms with Gasteiger partial charge in [0.15, 0.2) is 6.10 Å².